The molecule has 1 aliphatic heterocycles. The summed E-state index contributed by atoms with van der Waals surface area (Å²) >= 11 is 3.82. The third kappa shape index (κ3) is 3.78. The maximum absolute atomic E-state index is 2.51. The first-order valence-corrected chi connectivity index (χ1v) is 11.6. The fourth-order valence-electron chi connectivity index (χ4n) is 3.52. The Hall–Kier alpha value is -1.78. The fourth-order valence-corrected chi connectivity index (χ4v) is 5.84. The van der Waals surface area contributed by atoms with Crippen molar-refractivity contribution < 1.29 is 4.57 Å². The highest BCUT2D eigenvalue weighted by Gasteiger charge is 2.27. The van der Waals surface area contributed by atoms with Crippen LogP contribution in [0.3, 0.4) is 0 Å². The number of fused-ring (bicyclic) bond motifs is 2. The average Bonchev–Trinajstić information content (AvgIpc) is 3.22. The van der Waals surface area contributed by atoms with E-state index in [9.17, 15) is 0 Å². The molecule has 2 heterocycles. The molecule has 0 saturated carbocycles. The summed E-state index contributed by atoms with van der Waals surface area (Å²) in [7, 11) is 0. The van der Waals surface area contributed by atoms with Gasteiger partial charge in [0.25, 0.3) is 5.01 Å². The third-order valence-corrected chi connectivity index (χ3v) is 7.22. The van der Waals surface area contributed by atoms with Crippen LogP contribution < -0.4 is 9.47 Å². The zero-order valence-corrected chi connectivity index (χ0v) is 17.8. The second-order valence-electron chi connectivity index (χ2n) is 6.97. The molecule has 4 rings (SSSR count). The Kier molecular flexibility index (Phi) is 5.84. The lowest BCUT2D eigenvalue weighted by atomic mass is 10.2. The Labute approximate surface area is 170 Å². The quantitative estimate of drug-likeness (QED) is 0.411. The number of aromatic nitrogens is 1. The molecule has 0 amide bonds. The van der Waals surface area contributed by atoms with Crippen molar-refractivity contribution in [1.82, 2.24) is 0 Å². The molecule has 140 valence electrons. The van der Waals surface area contributed by atoms with Crippen molar-refractivity contribution >= 4 is 45.1 Å². The Morgan fingerprint density at radius 3 is 2.59 bits per heavy atom. The second-order valence-corrected chi connectivity index (χ2v) is 9.10. The molecule has 2 aromatic carbocycles. The molecule has 27 heavy (non-hydrogen) atoms. The molecule has 0 aliphatic carbocycles. The molecular formula is C23H27N2S2+. The number of para-hydroxylation sites is 2. The number of thiazole rings is 1. The molecule has 0 bridgehead atoms. The molecule has 0 saturated heterocycles. The summed E-state index contributed by atoms with van der Waals surface area (Å²) in [6.07, 6.45) is 7.29. The number of hydrogen-bond acceptors (Lipinski definition) is 3. The summed E-state index contributed by atoms with van der Waals surface area (Å²) in [6.45, 7) is 6.71. The van der Waals surface area contributed by atoms with Gasteiger partial charge in [0.1, 0.15) is 4.70 Å². The zero-order chi connectivity index (χ0) is 18.6. The highest BCUT2D eigenvalue weighted by molar-refractivity contribution is 8.03. The van der Waals surface area contributed by atoms with Gasteiger partial charge in [0.15, 0.2) is 6.54 Å². The van der Waals surface area contributed by atoms with Crippen LogP contribution in [0.25, 0.3) is 16.3 Å². The van der Waals surface area contributed by atoms with E-state index in [1.807, 2.05) is 23.1 Å². The summed E-state index contributed by atoms with van der Waals surface area (Å²) in [4.78, 5) is 3.89. The number of benzene rings is 2. The molecule has 0 fully saturated rings. The van der Waals surface area contributed by atoms with E-state index < -0.39 is 0 Å². The van der Waals surface area contributed by atoms with E-state index in [-0.39, 0.29) is 0 Å². The molecular weight excluding hydrogens is 368 g/mol. The minimum atomic E-state index is 1.09. The van der Waals surface area contributed by atoms with Crippen molar-refractivity contribution in [1.29, 1.82) is 0 Å². The second kappa shape index (κ2) is 8.49. The van der Waals surface area contributed by atoms with Gasteiger partial charge in [-0.2, -0.15) is 4.57 Å². The summed E-state index contributed by atoms with van der Waals surface area (Å²) in [5.74, 6) is 0. The zero-order valence-electron chi connectivity index (χ0n) is 16.1. The number of thioether (sulfide) groups is 1. The largest absolute Gasteiger partial charge is 0.335 e. The van der Waals surface area contributed by atoms with Gasteiger partial charge in [-0.25, -0.2) is 0 Å². The first-order valence-electron chi connectivity index (χ1n) is 9.99. The smallest absolute Gasteiger partial charge is 0.265 e. The summed E-state index contributed by atoms with van der Waals surface area (Å²) in [6, 6.07) is 17.6. The molecule has 0 unspecified atom stereocenters. The summed E-state index contributed by atoms with van der Waals surface area (Å²) in [5, 5.41) is 2.72. The molecule has 0 atom stereocenters. The number of aryl methyl sites for hydroxylation is 1. The van der Waals surface area contributed by atoms with Gasteiger partial charge >= 0.3 is 0 Å². The molecule has 3 aromatic rings. The van der Waals surface area contributed by atoms with Crippen molar-refractivity contribution in [2.75, 3.05) is 11.4 Å². The Balaban J connectivity index is 1.76. The van der Waals surface area contributed by atoms with E-state index in [2.05, 4.69) is 77.9 Å². The van der Waals surface area contributed by atoms with Crippen LogP contribution in [-0.2, 0) is 6.54 Å². The van der Waals surface area contributed by atoms with Gasteiger partial charge in [0, 0.05) is 23.9 Å². The molecule has 2 nitrogen and oxygen atoms in total. The number of nitrogens with zero attached hydrogens (tertiary/aromatic N) is 2. The Morgan fingerprint density at radius 1 is 0.963 bits per heavy atom. The van der Waals surface area contributed by atoms with E-state index in [1.54, 1.807) is 0 Å². The number of hydrogen-bond donors (Lipinski definition) is 0. The van der Waals surface area contributed by atoms with E-state index in [1.165, 1.54) is 56.5 Å². The van der Waals surface area contributed by atoms with Crippen molar-refractivity contribution in [2.24, 2.45) is 0 Å². The molecule has 1 aliphatic rings. The van der Waals surface area contributed by atoms with Crippen LogP contribution in [0.5, 0.6) is 0 Å². The number of unbranched alkanes of at least 4 members (excludes halogenated alkanes) is 2. The van der Waals surface area contributed by atoms with Crippen LogP contribution in [-0.4, -0.2) is 6.54 Å². The Bertz CT molecular complexity index is 958. The van der Waals surface area contributed by atoms with Crippen LogP contribution >= 0.6 is 23.1 Å². The van der Waals surface area contributed by atoms with Gasteiger partial charge in [-0.05, 0) is 24.6 Å². The van der Waals surface area contributed by atoms with Crippen LogP contribution in [0, 0.1) is 0 Å². The monoisotopic (exact) mass is 395 g/mol. The van der Waals surface area contributed by atoms with E-state index >= 15 is 0 Å². The van der Waals surface area contributed by atoms with E-state index in [4.69, 9.17) is 0 Å². The van der Waals surface area contributed by atoms with Crippen molar-refractivity contribution in [3.8, 4) is 0 Å². The van der Waals surface area contributed by atoms with Gasteiger partial charge < -0.3 is 4.90 Å². The van der Waals surface area contributed by atoms with Crippen LogP contribution in [0.1, 0.15) is 44.5 Å². The highest BCUT2D eigenvalue weighted by Crippen LogP contribution is 2.46. The lowest BCUT2D eigenvalue weighted by molar-refractivity contribution is -0.669. The minimum Gasteiger partial charge on any atom is -0.335 e. The molecule has 0 radical (unpaired) electrons. The van der Waals surface area contributed by atoms with E-state index in [0.717, 1.165) is 13.1 Å². The van der Waals surface area contributed by atoms with Gasteiger partial charge in [-0.15, -0.1) is 0 Å². The Morgan fingerprint density at radius 2 is 1.74 bits per heavy atom. The van der Waals surface area contributed by atoms with Gasteiger partial charge in [-0.3, -0.25) is 0 Å². The third-order valence-electron chi connectivity index (χ3n) is 4.99. The predicted octanol–water partition coefficient (Wildman–Crippen LogP) is 6.70. The summed E-state index contributed by atoms with van der Waals surface area (Å²) in [5.41, 5.74) is 2.73. The van der Waals surface area contributed by atoms with E-state index in [0.29, 0.717) is 0 Å². The van der Waals surface area contributed by atoms with Crippen LogP contribution in [0.4, 0.5) is 5.69 Å². The predicted molar refractivity (Wildman–Crippen MR) is 119 cm³/mol. The maximum atomic E-state index is 2.51. The number of rotatable bonds is 7. The van der Waals surface area contributed by atoms with Gasteiger partial charge in [-0.1, -0.05) is 74.1 Å². The number of anilines is 1. The van der Waals surface area contributed by atoms with Crippen LogP contribution in [0.2, 0.25) is 0 Å². The maximum Gasteiger partial charge on any atom is 0.265 e. The average molecular weight is 396 g/mol. The van der Waals surface area contributed by atoms with Crippen molar-refractivity contribution in [3.05, 3.63) is 58.6 Å². The lowest BCUT2D eigenvalue weighted by Crippen LogP contribution is -2.35. The first-order chi connectivity index (χ1) is 13.3. The molecule has 0 spiro atoms. The normalized spacial score (nSPS) is 15.0. The van der Waals surface area contributed by atoms with Crippen molar-refractivity contribution in [3.63, 3.8) is 0 Å². The topological polar surface area (TPSA) is 7.12 Å². The summed E-state index contributed by atoms with van der Waals surface area (Å²) < 4.78 is 3.89. The highest BCUT2D eigenvalue weighted by atomic mass is 32.2. The standard InChI is InChI=1S/C23H27N2S2/c1-3-5-15-24-18-11-7-9-13-20(18)26-22(24)17-23-25(16-6-4-2)19-12-8-10-14-21(19)27-23/h7-14,17H,3-6,15-16H2,1-2H3/q+1. The van der Waals surface area contributed by atoms with Crippen molar-refractivity contribution in [2.45, 2.75) is 51.0 Å². The molecule has 1 aromatic heterocycles. The molecule has 0 N–H and O–H groups in total. The van der Waals surface area contributed by atoms with Gasteiger partial charge in [0.2, 0.25) is 5.52 Å². The first kappa shape index (κ1) is 18.6. The molecule has 4 heteroatoms. The lowest BCUT2D eigenvalue weighted by Gasteiger charge is -2.19. The SMILES string of the molecule is CCCCN1C(=Cc2sc3ccccc3[n+]2CCCC)Sc2ccccc21. The van der Waals surface area contributed by atoms with Gasteiger partial charge in [0.05, 0.1) is 16.8 Å². The van der Waals surface area contributed by atoms with Crippen LogP contribution in [0.15, 0.2) is 58.5 Å². The minimum absolute atomic E-state index is 1.09. The fraction of sp³-hybridized carbons (Fsp3) is 0.348.